The molecule has 0 spiro atoms. The maximum Gasteiger partial charge on any atom is 0.358 e. The molecule has 3 aromatic rings. The van der Waals surface area contributed by atoms with Gasteiger partial charge in [-0.05, 0) is 31.2 Å². The summed E-state index contributed by atoms with van der Waals surface area (Å²) in [5.41, 5.74) is 1.53. The summed E-state index contributed by atoms with van der Waals surface area (Å²) in [5.74, 6) is -0.856. The molecule has 0 aliphatic rings. The monoisotopic (exact) mass is 285 g/mol. The second kappa shape index (κ2) is 5.32. The topological polar surface area (TPSA) is 56.5 Å². The number of hydrogen-bond acceptors (Lipinski definition) is 4. The van der Waals surface area contributed by atoms with E-state index >= 15 is 0 Å². The van der Waals surface area contributed by atoms with Crippen molar-refractivity contribution in [2.45, 2.75) is 6.92 Å². The Hall–Kier alpha value is -2.76. The number of carbonyl (C=O) groups excluding carboxylic acids is 1. The number of imidazole rings is 1. The van der Waals surface area contributed by atoms with Crippen LogP contribution in [0.2, 0.25) is 0 Å². The predicted molar refractivity (Wildman–Crippen MR) is 74.3 cm³/mol. The zero-order chi connectivity index (χ0) is 14.8. The number of benzene rings is 1. The Morgan fingerprint density at radius 3 is 2.86 bits per heavy atom. The molecule has 1 aromatic carbocycles. The lowest BCUT2D eigenvalue weighted by Crippen LogP contribution is -2.04. The van der Waals surface area contributed by atoms with Gasteiger partial charge in [-0.25, -0.2) is 18.7 Å². The minimum atomic E-state index is -0.504. The second-order valence-electron chi connectivity index (χ2n) is 4.35. The Balaban J connectivity index is 2.05. The molecule has 0 unspecified atom stereocenters. The number of carbonyl (C=O) groups is 1. The van der Waals surface area contributed by atoms with Crippen LogP contribution in [0, 0.1) is 5.82 Å². The largest absolute Gasteiger partial charge is 0.461 e. The van der Waals surface area contributed by atoms with Gasteiger partial charge in [0, 0.05) is 5.56 Å². The molecule has 0 N–H and O–H groups in total. The number of esters is 1. The highest BCUT2D eigenvalue weighted by molar-refractivity contribution is 5.87. The predicted octanol–water partition coefficient (Wildman–Crippen LogP) is 2.71. The molecule has 0 amide bonds. The van der Waals surface area contributed by atoms with Gasteiger partial charge < -0.3 is 4.74 Å². The Morgan fingerprint density at radius 1 is 1.29 bits per heavy atom. The van der Waals surface area contributed by atoms with Gasteiger partial charge in [0.1, 0.15) is 5.82 Å². The van der Waals surface area contributed by atoms with E-state index < -0.39 is 5.97 Å². The molecule has 2 heterocycles. The molecule has 0 saturated heterocycles. The highest BCUT2D eigenvalue weighted by Crippen LogP contribution is 2.20. The maximum absolute atomic E-state index is 13.8. The van der Waals surface area contributed by atoms with Crippen molar-refractivity contribution in [1.82, 2.24) is 14.6 Å². The summed E-state index contributed by atoms with van der Waals surface area (Å²) < 4.78 is 20.1. The van der Waals surface area contributed by atoms with Crippen LogP contribution in [0.25, 0.3) is 16.9 Å². The molecule has 106 valence electrons. The van der Waals surface area contributed by atoms with Crippen molar-refractivity contribution in [3.8, 4) is 11.3 Å². The minimum absolute atomic E-state index is 0.176. The first-order valence-corrected chi connectivity index (χ1v) is 6.47. The molecule has 0 aliphatic carbocycles. The highest BCUT2D eigenvalue weighted by Gasteiger charge is 2.13. The summed E-state index contributed by atoms with van der Waals surface area (Å²) in [5, 5.41) is 4.28. The van der Waals surface area contributed by atoms with Gasteiger partial charge in [-0.1, -0.05) is 12.1 Å². The van der Waals surface area contributed by atoms with Crippen LogP contribution in [0.15, 0.2) is 42.6 Å². The number of hydrogen-bond donors (Lipinski definition) is 0. The first-order chi connectivity index (χ1) is 10.2. The molecule has 0 fully saturated rings. The molecule has 3 rings (SSSR count). The van der Waals surface area contributed by atoms with Gasteiger partial charge in [0.15, 0.2) is 11.3 Å². The van der Waals surface area contributed by atoms with Crippen molar-refractivity contribution < 1.29 is 13.9 Å². The van der Waals surface area contributed by atoms with Gasteiger partial charge in [0.2, 0.25) is 0 Å². The highest BCUT2D eigenvalue weighted by atomic mass is 19.1. The fourth-order valence-electron chi connectivity index (χ4n) is 2.00. The second-order valence-corrected chi connectivity index (χ2v) is 4.35. The molecule has 0 saturated carbocycles. The van der Waals surface area contributed by atoms with Crippen LogP contribution < -0.4 is 0 Å². The minimum Gasteiger partial charge on any atom is -0.461 e. The van der Waals surface area contributed by atoms with Crippen LogP contribution in [-0.4, -0.2) is 27.2 Å². The van der Waals surface area contributed by atoms with Gasteiger partial charge in [-0.2, -0.15) is 5.10 Å². The van der Waals surface area contributed by atoms with E-state index in [0.29, 0.717) is 16.9 Å². The van der Waals surface area contributed by atoms with Crippen molar-refractivity contribution >= 4 is 11.6 Å². The lowest BCUT2D eigenvalue weighted by molar-refractivity contribution is 0.0520. The van der Waals surface area contributed by atoms with E-state index in [0.717, 1.165) is 0 Å². The number of nitrogens with zero attached hydrogens (tertiary/aromatic N) is 3. The van der Waals surface area contributed by atoms with E-state index in [4.69, 9.17) is 4.74 Å². The third kappa shape index (κ3) is 2.47. The van der Waals surface area contributed by atoms with Gasteiger partial charge in [-0.3, -0.25) is 0 Å². The fraction of sp³-hybridized carbons (Fsp3) is 0.133. The zero-order valence-corrected chi connectivity index (χ0v) is 11.3. The summed E-state index contributed by atoms with van der Waals surface area (Å²) in [6.45, 7) is 2.00. The zero-order valence-electron chi connectivity index (χ0n) is 11.3. The first-order valence-electron chi connectivity index (χ1n) is 6.47. The SMILES string of the molecule is CCOC(=O)c1cn2nc(-c3ccccc3F)ccc2n1. The van der Waals surface area contributed by atoms with Gasteiger partial charge >= 0.3 is 5.97 Å². The van der Waals surface area contributed by atoms with Crippen LogP contribution in [0.5, 0.6) is 0 Å². The van der Waals surface area contributed by atoms with Crippen molar-refractivity contribution in [3.05, 3.63) is 54.1 Å². The Kier molecular flexibility index (Phi) is 3.35. The lowest BCUT2D eigenvalue weighted by Gasteiger charge is -2.02. The maximum atomic E-state index is 13.8. The van der Waals surface area contributed by atoms with Gasteiger partial charge in [-0.15, -0.1) is 0 Å². The molecule has 5 nitrogen and oxygen atoms in total. The summed E-state index contributed by atoms with van der Waals surface area (Å²) >= 11 is 0. The van der Waals surface area contributed by atoms with E-state index in [-0.39, 0.29) is 18.1 Å². The molecule has 0 aliphatic heterocycles. The number of rotatable bonds is 3. The molecule has 2 aromatic heterocycles. The average molecular weight is 285 g/mol. The number of ether oxygens (including phenoxy) is 1. The third-order valence-electron chi connectivity index (χ3n) is 2.95. The number of fused-ring (bicyclic) bond motifs is 1. The smallest absolute Gasteiger partial charge is 0.358 e. The average Bonchev–Trinajstić information content (AvgIpc) is 2.91. The summed E-state index contributed by atoms with van der Waals surface area (Å²) in [7, 11) is 0. The Labute approximate surface area is 120 Å². The van der Waals surface area contributed by atoms with Gasteiger partial charge in [0.05, 0.1) is 18.5 Å². The number of halogens is 1. The van der Waals surface area contributed by atoms with Crippen LogP contribution in [0.1, 0.15) is 17.4 Å². The molecule has 21 heavy (non-hydrogen) atoms. The standard InChI is InChI=1S/C15H12FN3O2/c1-2-21-15(20)13-9-19-14(17-13)8-7-12(18-19)10-5-3-4-6-11(10)16/h3-9H,2H2,1H3. The molecular formula is C15H12FN3O2. The lowest BCUT2D eigenvalue weighted by atomic mass is 10.1. The van der Waals surface area contributed by atoms with Crippen molar-refractivity contribution in [2.24, 2.45) is 0 Å². The van der Waals surface area contributed by atoms with Crippen LogP contribution in [0.4, 0.5) is 4.39 Å². The van der Waals surface area contributed by atoms with Crippen molar-refractivity contribution in [3.63, 3.8) is 0 Å². The third-order valence-corrected chi connectivity index (χ3v) is 2.95. The first kappa shape index (κ1) is 13.2. The van der Waals surface area contributed by atoms with Crippen molar-refractivity contribution in [1.29, 1.82) is 0 Å². The molecule has 0 bridgehead atoms. The number of aromatic nitrogens is 3. The fourth-order valence-corrected chi connectivity index (χ4v) is 2.00. The van der Waals surface area contributed by atoms with Crippen LogP contribution in [0.3, 0.4) is 0 Å². The van der Waals surface area contributed by atoms with E-state index in [1.54, 1.807) is 37.3 Å². The van der Waals surface area contributed by atoms with Crippen LogP contribution in [-0.2, 0) is 4.74 Å². The molecule has 0 radical (unpaired) electrons. The van der Waals surface area contributed by atoms with E-state index in [1.165, 1.54) is 16.8 Å². The molecule has 0 atom stereocenters. The summed E-state index contributed by atoms with van der Waals surface area (Å²) in [6, 6.07) is 9.72. The van der Waals surface area contributed by atoms with E-state index in [2.05, 4.69) is 10.1 Å². The van der Waals surface area contributed by atoms with Crippen molar-refractivity contribution in [2.75, 3.05) is 6.61 Å². The quantitative estimate of drug-likeness (QED) is 0.694. The van der Waals surface area contributed by atoms with Crippen LogP contribution >= 0.6 is 0 Å². The van der Waals surface area contributed by atoms with E-state index in [9.17, 15) is 9.18 Å². The Morgan fingerprint density at radius 2 is 2.10 bits per heavy atom. The summed E-state index contributed by atoms with van der Waals surface area (Å²) in [6.07, 6.45) is 1.47. The molecule has 6 heteroatoms. The summed E-state index contributed by atoms with van der Waals surface area (Å²) in [4.78, 5) is 15.8. The van der Waals surface area contributed by atoms with E-state index in [1.807, 2.05) is 0 Å². The molecular weight excluding hydrogens is 273 g/mol. The normalized spacial score (nSPS) is 10.8. The van der Waals surface area contributed by atoms with Gasteiger partial charge in [0.25, 0.3) is 0 Å². The Bertz CT molecular complexity index is 814.